The molecule has 14 heteroatoms. The van der Waals surface area contributed by atoms with Crippen molar-refractivity contribution in [3.63, 3.8) is 0 Å². The average molecular weight is 515 g/mol. The monoisotopic (exact) mass is 515 g/mol. The van der Waals surface area contributed by atoms with Gasteiger partial charge in [-0.15, -0.1) is 0 Å². The number of nitrogens with two attached hydrogens (primary N) is 1. The average Bonchev–Trinajstić information content (AvgIpc) is 2.80. The number of piperidine rings is 1. The van der Waals surface area contributed by atoms with Gasteiger partial charge in [-0.2, -0.15) is 13.2 Å². The maximum atomic E-state index is 14.5. The minimum absolute atomic E-state index is 0.156. The molecule has 194 valence electrons. The number of alkyl halides is 5. The van der Waals surface area contributed by atoms with Crippen LogP contribution in [-0.4, -0.2) is 64.1 Å². The summed E-state index contributed by atoms with van der Waals surface area (Å²) in [6.45, 7) is 0.370. The van der Waals surface area contributed by atoms with Gasteiger partial charge in [0, 0.05) is 50.4 Å². The van der Waals surface area contributed by atoms with Gasteiger partial charge in [0.15, 0.2) is 0 Å². The molecule has 0 aromatic carbocycles. The highest BCUT2D eigenvalue weighted by atomic mass is 19.4. The van der Waals surface area contributed by atoms with E-state index in [0.29, 0.717) is 12.4 Å². The molecule has 3 rings (SSSR count). The molecule has 1 fully saturated rings. The Morgan fingerprint density at radius 3 is 2.56 bits per heavy atom. The van der Waals surface area contributed by atoms with Crippen LogP contribution in [0.3, 0.4) is 0 Å². The Balaban J connectivity index is 1.91. The zero-order valence-electron chi connectivity index (χ0n) is 19.2. The van der Waals surface area contributed by atoms with E-state index < -0.39 is 60.0 Å². The van der Waals surface area contributed by atoms with Crippen molar-refractivity contribution in [2.45, 2.75) is 31.5 Å². The molecule has 1 unspecified atom stereocenters. The molecule has 3 heterocycles. The highest BCUT2D eigenvalue weighted by Crippen LogP contribution is 2.35. The summed E-state index contributed by atoms with van der Waals surface area (Å²) < 4.78 is 81.5. The van der Waals surface area contributed by atoms with Crippen molar-refractivity contribution >= 4 is 23.6 Å². The molecule has 0 spiro atoms. The number of nitrogens with one attached hydrogen (secondary N) is 1. The summed E-state index contributed by atoms with van der Waals surface area (Å²) in [6, 6.07) is 1.56. The number of carbonyl (C=O) groups is 1. The van der Waals surface area contributed by atoms with Gasteiger partial charge in [-0.25, -0.2) is 23.1 Å². The predicted octanol–water partition coefficient (Wildman–Crippen LogP) is 3.38. The molecule has 1 amide bonds. The second-order valence-corrected chi connectivity index (χ2v) is 8.26. The lowest BCUT2D eigenvalue weighted by atomic mass is 9.88. The van der Waals surface area contributed by atoms with Crippen molar-refractivity contribution in [2.24, 2.45) is 16.6 Å². The minimum atomic E-state index is -4.62. The standard InChI is InChI=1S/C22H23F6N7O/c1-12-6-21(24,25)11-35(16(12)10-34-20-32-7-13(8-33-20)22(26,27)28)19(36)17(29)14(9-30-2)18-15(23)4-3-5-31-18/h3-5,7-9,12,16H,6,10-11,29H2,1-2H3,(H,32,33,34)/t12-,16?/m1/s1. The van der Waals surface area contributed by atoms with Gasteiger partial charge in [0.25, 0.3) is 11.8 Å². The number of halogens is 6. The zero-order chi connectivity index (χ0) is 26.7. The van der Waals surface area contributed by atoms with Gasteiger partial charge < -0.3 is 16.0 Å². The van der Waals surface area contributed by atoms with E-state index in [2.05, 4.69) is 25.3 Å². The van der Waals surface area contributed by atoms with E-state index in [4.69, 9.17) is 5.73 Å². The summed E-state index contributed by atoms with van der Waals surface area (Å²) >= 11 is 0. The number of nitrogens with zero attached hydrogens (tertiary/aromatic N) is 5. The highest BCUT2D eigenvalue weighted by molar-refractivity contribution is 6.18. The van der Waals surface area contributed by atoms with Crippen molar-refractivity contribution in [2.75, 3.05) is 25.5 Å². The van der Waals surface area contributed by atoms with Crippen molar-refractivity contribution in [1.82, 2.24) is 19.9 Å². The SMILES string of the molecule is CN=CC(=C(N)C(=O)N1CC(F)(F)C[C@@H](C)C1CNc1ncc(C(F)(F)F)cn1)c1ncccc1F. The third kappa shape index (κ3) is 6.10. The van der Waals surface area contributed by atoms with E-state index in [1.165, 1.54) is 26.2 Å². The molecule has 0 saturated carbocycles. The van der Waals surface area contributed by atoms with Crippen LogP contribution in [0.2, 0.25) is 0 Å². The third-order valence-corrected chi connectivity index (χ3v) is 5.58. The summed E-state index contributed by atoms with van der Waals surface area (Å²) in [5.74, 6) is -5.95. The quantitative estimate of drug-likeness (QED) is 0.347. The molecule has 2 aromatic heterocycles. The van der Waals surface area contributed by atoms with Crippen LogP contribution in [0, 0.1) is 11.7 Å². The molecule has 0 aliphatic carbocycles. The molecular formula is C22H23F6N7O. The molecule has 2 atom stereocenters. The summed E-state index contributed by atoms with van der Waals surface area (Å²) in [5, 5.41) is 2.69. The minimum Gasteiger partial charge on any atom is -0.394 e. The van der Waals surface area contributed by atoms with Crippen molar-refractivity contribution in [3.8, 4) is 0 Å². The lowest BCUT2D eigenvalue weighted by Crippen LogP contribution is -2.58. The summed E-state index contributed by atoms with van der Waals surface area (Å²) in [6.07, 6.45) is -1.63. The number of hydrogen-bond acceptors (Lipinski definition) is 7. The number of allylic oxidation sites excluding steroid dienone is 1. The van der Waals surface area contributed by atoms with E-state index in [0.717, 1.165) is 17.2 Å². The van der Waals surface area contributed by atoms with Crippen LogP contribution in [0.1, 0.15) is 24.6 Å². The molecule has 1 aliphatic rings. The number of carbonyl (C=O) groups excluding carboxylic acids is 1. The third-order valence-electron chi connectivity index (χ3n) is 5.58. The van der Waals surface area contributed by atoms with Gasteiger partial charge in [-0.1, -0.05) is 6.92 Å². The van der Waals surface area contributed by atoms with Crippen LogP contribution >= 0.6 is 0 Å². The Bertz CT molecular complexity index is 1150. The normalized spacial score (nSPS) is 20.8. The number of pyridine rings is 1. The Morgan fingerprint density at radius 2 is 1.97 bits per heavy atom. The molecular weight excluding hydrogens is 492 g/mol. The van der Waals surface area contributed by atoms with Crippen molar-refractivity contribution in [1.29, 1.82) is 0 Å². The van der Waals surface area contributed by atoms with Crippen LogP contribution < -0.4 is 11.1 Å². The van der Waals surface area contributed by atoms with Gasteiger partial charge in [0.2, 0.25) is 5.95 Å². The number of aliphatic imine (C=N–C) groups is 1. The number of amides is 1. The van der Waals surface area contributed by atoms with Gasteiger partial charge in [-0.05, 0) is 18.1 Å². The fourth-order valence-electron chi connectivity index (χ4n) is 3.88. The van der Waals surface area contributed by atoms with Gasteiger partial charge in [0.1, 0.15) is 17.2 Å². The van der Waals surface area contributed by atoms with E-state index in [-0.39, 0.29) is 23.8 Å². The van der Waals surface area contributed by atoms with Crippen LogP contribution in [0.25, 0.3) is 5.57 Å². The number of aromatic nitrogens is 3. The fraction of sp³-hybridized carbons (Fsp3) is 0.409. The number of likely N-dealkylation sites (tertiary alicyclic amines) is 1. The second kappa shape index (κ2) is 10.5. The second-order valence-electron chi connectivity index (χ2n) is 8.26. The number of anilines is 1. The Hall–Kier alpha value is -3.71. The number of hydrogen-bond donors (Lipinski definition) is 2. The fourth-order valence-corrected chi connectivity index (χ4v) is 3.88. The van der Waals surface area contributed by atoms with Crippen LogP contribution in [0.4, 0.5) is 32.3 Å². The van der Waals surface area contributed by atoms with Crippen molar-refractivity contribution in [3.05, 3.63) is 53.5 Å². The topological polar surface area (TPSA) is 109 Å². The van der Waals surface area contributed by atoms with Gasteiger partial charge in [-0.3, -0.25) is 14.8 Å². The van der Waals surface area contributed by atoms with Crippen molar-refractivity contribution < 1.29 is 31.1 Å². The molecule has 8 nitrogen and oxygen atoms in total. The Kier molecular flexibility index (Phi) is 7.84. The molecule has 3 N–H and O–H groups in total. The van der Waals surface area contributed by atoms with Crippen LogP contribution in [-0.2, 0) is 11.0 Å². The Morgan fingerprint density at radius 1 is 1.31 bits per heavy atom. The first-order valence-electron chi connectivity index (χ1n) is 10.7. The number of rotatable bonds is 6. The van der Waals surface area contributed by atoms with E-state index in [1.54, 1.807) is 0 Å². The van der Waals surface area contributed by atoms with Crippen LogP contribution in [0.5, 0.6) is 0 Å². The van der Waals surface area contributed by atoms with E-state index in [9.17, 15) is 31.1 Å². The van der Waals surface area contributed by atoms with E-state index >= 15 is 0 Å². The molecule has 1 saturated heterocycles. The largest absolute Gasteiger partial charge is 0.419 e. The maximum absolute atomic E-state index is 14.5. The maximum Gasteiger partial charge on any atom is 0.419 e. The summed E-state index contributed by atoms with van der Waals surface area (Å²) in [4.78, 5) is 29.0. The predicted molar refractivity (Wildman–Crippen MR) is 119 cm³/mol. The lowest BCUT2D eigenvalue weighted by Gasteiger charge is -2.43. The molecule has 0 bridgehead atoms. The van der Waals surface area contributed by atoms with E-state index in [1.807, 2.05) is 0 Å². The Labute approximate surface area is 202 Å². The van der Waals surface area contributed by atoms with Crippen LogP contribution in [0.15, 0.2) is 41.4 Å². The first-order valence-corrected chi connectivity index (χ1v) is 10.7. The van der Waals surface area contributed by atoms with Gasteiger partial charge in [0.05, 0.1) is 18.2 Å². The first-order chi connectivity index (χ1) is 16.8. The summed E-state index contributed by atoms with van der Waals surface area (Å²) in [5.41, 5.74) is 3.98. The molecule has 36 heavy (non-hydrogen) atoms. The molecule has 2 aromatic rings. The highest BCUT2D eigenvalue weighted by Gasteiger charge is 2.46. The zero-order valence-corrected chi connectivity index (χ0v) is 19.2. The molecule has 1 aliphatic heterocycles. The smallest absolute Gasteiger partial charge is 0.394 e. The first kappa shape index (κ1) is 26.9. The summed E-state index contributed by atoms with van der Waals surface area (Å²) in [7, 11) is 1.35. The molecule has 0 radical (unpaired) electrons. The lowest BCUT2D eigenvalue weighted by molar-refractivity contribution is -0.148. The van der Waals surface area contributed by atoms with Gasteiger partial charge >= 0.3 is 6.18 Å².